The maximum absolute atomic E-state index is 12.0. The van der Waals surface area contributed by atoms with Crippen LogP contribution >= 0.6 is 0 Å². The lowest BCUT2D eigenvalue weighted by Crippen LogP contribution is -2.48. The van der Waals surface area contributed by atoms with Crippen molar-refractivity contribution in [2.24, 2.45) is 0 Å². The van der Waals surface area contributed by atoms with E-state index in [9.17, 15) is 4.79 Å². The van der Waals surface area contributed by atoms with Crippen molar-refractivity contribution in [2.75, 3.05) is 45.0 Å². The Kier molecular flexibility index (Phi) is 9.04. The highest BCUT2D eigenvalue weighted by Crippen LogP contribution is 2.30. The van der Waals surface area contributed by atoms with Gasteiger partial charge in [-0.2, -0.15) is 0 Å². The number of hydrogen-bond acceptors (Lipinski definition) is 5. The Balaban J connectivity index is 1.20. The zero-order valence-corrected chi connectivity index (χ0v) is 20.2. The van der Waals surface area contributed by atoms with Gasteiger partial charge in [0.1, 0.15) is 0 Å². The summed E-state index contributed by atoms with van der Waals surface area (Å²) in [5.41, 5.74) is 10.3. The van der Waals surface area contributed by atoms with Crippen LogP contribution in [0.25, 0.3) is 6.08 Å². The predicted molar refractivity (Wildman–Crippen MR) is 143 cm³/mol. The third-order valence-corrected chi connectivity index (χ3v) is 6.45. The zero-order valence-electron chi connectivity index (χ0n) is 20.2. The largest absolute Gasteiger partial charge is 0.399 e. The first-order chi connectivity index (χ1) is 17.2. The molecule has 6 nitrogen and oxygen atoms in total. The molecule has 1 fully saturated rings. The second-order valence-electron chi connectivity index (χ2n) is 8.98. The molecule has 0 bridgehead atoms. The van der Waals surface area contributed by atoms with Crippen LogP contribution in [0.15, 0.2) is 85.2 Å². The topological polar surface area (TPSA) is 74.5 Å². The molecule has 0 radical (unpaired) electrons. The number of benzene rings is 2. The number of unbranched alkanes of at least 4 members (excludes halogenated alkanes) is 1. The molecule has 2 heterocycles. The van der Waals surface area contributed by atoms with Gasteiger partial charge < -0.3 is 16.0 Å². The van der Waals surface area contributed by atoms with E-state index in [1.54, 1.807) is 24.5 Å². The minimum Gasteiger partial charge on any atom is -0.399 e. The van der Waals surface area contributed by atoms with E-state index in [0.717, 1.165) is 56.8 Å². The number of carbonyl (C=O) groups excluding carboxylic acids is 1. The van der Waals surface area contributed by atoms with Gasteiger partial charge in [0.2, 0.25) is 5.91 Å². The number of hydrogen-bond donors (Lipinski definition) is 2. The highest BCUT2D eigenvalue weighted by Gasteiger charge is 2.26. The first kappa shape index (κ1) is 24.6. The summed E-state index contributed by atoms with van der Waals surface area (Å²) in [4.78, 5) is 21.1. The van der Waals surface area contributed by atoms with Crippen molar-refractivity contribution in [1.82, 2.24) is 20.1 Å². The van der Waals surface area contributed by atoms with E-state index < -0.39 is 0 Å². The molecule has 1 unspecified atom stereocenters. The highest BCUT2D eigenvalue weighted by atomic mass is 16.1. The average Bonchev–Trinajstić information content (AvgIpc) is 2.90. The van der Waals surface area contributed by atoms with Crippen molar-refractivity contribution in [3.63, 3.8) is 0 Å². The van der Waals surface area contributed by atoms with Crippen molar-refractivity contribution in [3.8, 4) is 0 Å². The molecular weight excluding hydrogens is 434 g/mol. The molecule has 1 atom stereocenters. The van der Waals surface area contributed by atoms with Crippen molar-refractivity contribution in [3.05, 3.63) is 102 Å². The molecule has 182 valence electrons. The summed E-state index contributed by atoms with van der Waals surface area (Å²) >= 11 is 0. The van der Waals surface area contributed by atoms with Crippen LogP contribution in [-0.4, -0.2) is 60.0 Å². The number of amides is 1. The average molecular weight is 470 g/mol. The first-order valence-electron chi connectivity index (χ1n) is 12.4. The number of pyridine rings is 1. The van der Waals surface area contributed by atoms with Crippen LogP contribution in [-0.2, 0) is 4.79 Å². The summed E-state index contributed by atoms with van der Waals surface area (Å²) < 4.78 is 0. The molecule has 2 aromatic carbocycles. The second kappa shape index (κ2) is 12.8. The van der Waals surface area contributed by atoms with E-state index in [1.165, 1.54) is 11.1 Å². The summed E-state index contributed by atoms with van der Waals surface area (Å²) in [5, 5.41) is 2.97. The third-order valence-electron chi connectivity index (χ3n) is 6.45. The van der Waals surface area contributed by atoms with Crippen LogP contribution in [0.5, 0.6) is 0 Å². The monoisotopic (exact) mass is 469 g/mol. The van der Waals surface area contributed by atoms with Gasteiger partial charge in [0.25, 0.3) is 0 Å². The van der Waals surface area contributed by atoms with Gasteiger partial charge in [0.05, 0.1) is 6.04 Å². The van der Waals surface area contributed by atoms with Gasteiger partial charge in [0, 0.05) is 56.9 Å². The number of piperazine rings is 1. The number of nitrogens with one attached hydrogen (secondary N) is 1. The Hall–Kier alpha value is -3.48. The fourth-order valence-corrected chi connectivity index (χ4v) is 4.55. The summed E-state index contributed by atoms with van der Waals surface area (Å²) in [6.07, 6.45) is 8.87. The van der Waals surface area contributed by atoms with Crippen LogP contribution in [0.4, 0.5) is 5.69 Å². The van der Waals surface area contributed by atoms with Gasteiger partial charge in [0.15, 0.2) is 0 Å². The number of rotatable bonds is 10. The smallest absolute Gasteiger partial charge is 0.243 e. The van der Waals surface area contributed by atoms with E-state index >= 15 is 0 Å². The molecular formula is C29H35N5O. The maximum Gasteiger partial charge on any atom is 0.243 e. The van der Waals surface area contributed by atoms with E-state index in [0.29, 0.717) is 6.54 Å². The normalized spacial score (nSPS) is 15.8. The lowest BCUT2D eigenvalue weighted by atomic mass is 9.96. The first-order valence-corrected chi connectivity index (χ1v) is 12.4. The van der Waals surface area contributed by atoms with E-state index in [1.807, 2.05) is 24.3 Å². The minimum absolute atomic E-state index is 0.0583. The zero-order chi connectivity index (χ0) is 24.3. The number of carbonyl (C=O) groups is 1. The SMILES string of the molecule is Nc1ccc(C(c2ccccc2)N2CCN(CCCCNC(=O)/C=C\c3cccnc3)CC2)cc1. The number of nitrogens with zero attached hydrogens (tertiary/aromatic N) is 3. The van der Waals surface area contributed by atoms with Gasteiger partial charge in [-0.1, -0.05) is 48.5 Å². The van der Waals surface area contributed by atoms with Gasteiger partial charge in [-0.05, 0) is 60.4 Å². The Morgan fingerprint density at radius 1 is 0.943 bits per heavy atom. The van der Waals surface area contributed by atoms with Crippen LogP contribution < -0.4 is 11.1 Å². The molecule has 35 heavy (non-hydrogen) atoms. The molecule has 1 amide bonds. The summed E-state index contributed by atoms with van der Waals surface area (Å²) in [5.74, 6) is -0.0583. The minimum atomic E-state index is -0.0583. The summed E-state index contributed by atoms with van der Waals surface area (Å²) in [6.45, 7) is 5.92. The van der Waals surface area contributed by atoms with Crippen molar-refractivity contribution in [1.29, 1.82) is 0 Å². The summed E-state index contributed by atoms with van der Waals surface area (Å²) in [6, 6.07) is 23.1. The predicted octanol–water partition coefficient (Wildman–Crippen LogP) is 3.98. The van der Waals surface area contributed by atoms with Crippen molar-refractivity contribution >= 4 is 17.7 Å². The Labute approximate surface area is 208 Å². The van der Waals surface area contributed by atoms with E-state index in [2.05, 4.69) is 62.6 Å². The molecule has 1 aliphatic heterocycles. The van der Waals surface area contributed by atoms with Crippen LogP contribution in [0.1, 0.15) is 35.6 Å². The third kappa shape index (κ3) is 7.50. The number of nitrogen functional groups attached to an aromatic ring is 1. The van der Waals surface area contributed by atoms with Crippen LogP contribution in [0.2, 0.25) is 0 Å². The van der Waals surface area contributed by atoms with Gasteiger partial charge in [-0.3, -0.25) is 14.7 Å². The number of aromatic nitrogens is 1. The second-order valence-corrected chi connectivity index (χ2v) is 8.98. The standard InChI is InChI=1S/C29H35N5O/c30-27-13-11-26(12-14-27)29(25-8-2-1-3-9-25)34-21-19-33(20-22-34)18-5-4-17-32-28(35)15-10-24-7-6-16-31-23-24/h1-3,6-16,23,29H,4-5,17-22,30H2,(H,32,35)/b15-10-. The lowest BCUT2D eigenvalue weighted by molar-refractivity contribution is -0.116. The molecule has 0 aliphatic carbocycles. The molecule has 1 aromatic heterocycles. The number of nitrogens with two attached hydrogens (primary N) is 1. The molecule has 1 aliphatic rings. The Morgan fingerprint density at radius 2 is 1.69 bits per heavy atom. The van der Waals surface area contributed by atoms with Gasteiger partial charge >= 0.3 is 0 Å². The summed E-state index contributed by atoms with van der Waals surface area (Å²) in [7, 11) is 0. The quantitative estimate of drug-likeness (QED) is 0.267. The fourth-order valence-electron chi connectivity index (χ4n) is 4.55. The van der Waals surface area contributed by atoms with Crippen molar-refractivity contribution < 1.29 is 4.79 Å². The molecule has 6 heteroatoms. The molecule has 3 aromatic rings. The Bertz CT molecular complexity index is 1060. The van der Waals surface area contributed by atoms with Crippen molar-refractivity contribution in [2.45, 2.75) is 18.9 Å². The molecule has 1 saturated heterocycles. The van der Waals surface area contributed by atoms with Crippen LogP contribution in [0.3, 0.4) is 0 Å². The number of anilines is 1. The molecule has 0 spiro atoms. The fraction of sp³-hybridized carbons (Fsp3) is 0.310. The Morgan fingerprint density at radius 3 is 2.40 bits per heavy atom. The molecule has 0 saturated carbocycles. The molecule has 4 rings (SSSR count). The van der Waals surface area contributed by atoms with E-state index in [-0.39, 0.29) is 11.9 Å². The molecule has 3 N–H and O–H groups in total. The van der Waals surface area contributed by atoms with Gasteiger partial charge in [-0.15, -0.1) is 0 Å². The van der Waals surface area contributed by atoms with Gasteiger partial charge in [-0.25, -0.2) is 0 Å². The van der Waals surface area contributed by atoms with Crippen LogP contribution in [0, 0.1) is 0 Å². The maximum atomic E-state index is 12.0. The lowest BCUT2D eigenvalue weighted by Gasteiger charge is -2.40. The van der Waals surface area contributed by atoms with E-state index in [4.69, 9.17) is 5.73 Å². The highest BCUT2D eigenvalue weighted by molar-refractivity contribution is 5.91.